The lowest BCUT2D eigenvalue weighted by Crippen LogP contribution is -2.30. The smallest absolute Gasteiger partial charge is 0.306 e. The van der Waals surface area contributed by atoms with Crippen LogP contribution < -0.4 is 0 Å². The molecule has 0 spiro atoms. The number of aliphatic carboxylic acids is 2. The molecule has 5 nitrogen and oxygen atoms in total. The van der Waals surface area contributed by atoms with Gasteiger partial charge in [-0.05, 0) is 18.3 Å². The van der Waals surface area contributed by atoms with Crippen LogP contribution in [0.4, 0.5) is 0 Å². The summed E-state index contributed by atoms with van der Waals surface area (Å²) in [5.74, 6) is -3.63. The molecule has 2 atom stereocenters. The number of hydrogen-bond acceptors (Lipinski definition) is 3. The Balaban J connectivity index is 5.00. The van der Waals surface area contributed by atoms with E-state index >= 15 is 0 Å². The molecule has 5 heteroatoms. The lowest BCUT2D eigenvalue weighted by molar-refractivity contribution is -0.146. The fourth-order valence-corrected chi connectivity index (χ4v) is 2.08. The highest BCUT2D eigenvalue weighted by atomic mass is 16.4. The molecule has 0 aromatic heterocycles. The van der Waals surface area contributed by atoms with Crippen LogP contribution in [0.2, 0.25) is 0 Å². The first-order valence-corrected chi connectivity index (χ1v) is 6.62. The maximum absolute atomic E-state index is 11.8. The number of carboxylic acids is 2. The van der Waals surface area contributed by atoms with Crippen LogP contribution in [0.25, 0.3) is 0 Å². The van der Waals surface area contributed by atoms with Gasteiger partial charge in [0.15, 0.2) is 0 Å². The normalized spacial score (nSPS) is 14.4. The summed E-state index contributed by atoms with van der Waals surface area (Å²) in [6.07, 6.45) is 0.133. The first-order valence-electron chi connectivity index (χ1n) is 6.62. The van der Waals surface area contributed by atoms with Gasteiger partial charge in [0, 0.05) is 18.8 Å². The molecule has 0 fully saturated rings. The van der Waals surface area contributed by atoms with E-state index in [1.807, 2.05) is 13.8 Å². The number of carbonyl (C=O) groups excluding carboxylic acids is 1. The summed E-state index contributed by atoms with van der Waals surface area (Å²) in [6.45, 7) is 7.24. The van der Waals surface area contributed by atoms with Gasteiger partial charge in [0.05, 0.1) is 5.92 Å². The highest BCUT2D eigenvalue weighted by Crippen LogP contribution is 2.28. The van der Waals surface area contributed by atoms with Crippen LogP contribution in [0.3, 0.4) is 0 Å². The first kappa shape index (κ1) is 17.6. The number of ketones is 1. The van der Waals surface area contributed by atoms with Crippen molar-refractivity contribution in [2.24, 2.45) is 23.7 Å². The predicted octanol–water partition coefficient (Wildman–Crippen LogP) is 2.44. The average molecular weight is 272 g/mol. The molecule has 0 heterocycles. The molecule has 2 unspecified atom stereocenters. The lowest BCUT2D eigenvalue weighted by Gasteiger charge is -2.24. The van der Waals surface area contributed by atoms with Gasteiger partial charge in [-0.1, -0.05) is 27.7 Å². The zero-order valence-corrected chi connectivity index (χ0v) is 12.0. The van der Waals surface area contributed by atoms with Crippen LogP contribution in [-0.4, -0.2) is 27.9 Å². The van der Waals surface area contributed by atoms with E-state index < -0.39 is 23.8 Å². The average Bonchev–Trinajstić information content (AvgIpc) is 2.23. The van der Waals surface area contributed by atoms with Gasteiger partial charge in [0.25, 0.3) is 0 Å². The molecule has 0 rings (SSSR count). The third-order valence-corrected chi connectivity index (χ3v) is 3.16. The summed E-state index contributed by atoms with van der Waals surface area (Å²) >= 11 is 0. The summed E-state index contributed by atoms with van der Waals surface area (Å²) in [6, 6.07) is 0. The molecule has 0 aliphatic heterocycles. The fraction of sp³-hybridized carbons (Fsp3) is 0.786. The minimum atomic E-state index is -1.06. The summed E-state index contributed by atoms with van der Waals surface area (Å²) in [7, 11) is 0. The molecule has 110 valence electrons. The van der Waals surface area contributed by atoms with Crippen LogP contribution in [0, 0.1) is 23.7 Å². The van der Waals surface area contributed by atoms with Crippen molar-refractivity contribution >= 4 is 17.7 Å². The standard InChI is InChI=1S/C14H24O5/c1-8(2)5-11(14(18)19)10(7-13(16)17)6-12(15)9(3)4/h8-11H,5-7H2,1-4H3,(H,16,17)(H,18,19). The number of hydrogen-bond donors (Lipinski definition) is 2. The molecule has 0 saturated carbocycles. The fourth-order valence-electron chi connectivity index (χ4n) is 2.08. The molecule has 19 heavy (non-hydrogen) atoms. The van der Waals surface area contributed by atoms with E-state index in [1.54, 1.807) is 13.8 Å². The third kappa shape index (κ3) is 6.94. The van der Waals surface area contributed by atoms with Crippen molar-refractivity contribution in [3.05, 3.63) is 0 Å². The maximum Gasteiger partial charge on any atom is 0.306 e. The van der Waals surface area contributed by atoms with Crippen LogP contribution in [0.15, 0.2) is 0 Å². The number of carboxylic acid groups (broad SMARTS) is 2. The third-order valence-electron chi connectivity index (χ3n) is 3.16. The zero-order valence-electron chi connectivity index (χ0n) is 12.0. The lowest BCUT2D eigenvalue weighted by atomic mass is 9.79. The second kappa shape index (κ2) is 7.92. The number of carbonyl (C=O) groups is 3. The molecule has 0 saturated heterocycles. The highest BCUT2D eigenvalue weighted by Gasteiger charge is 2.32. The number of Topliss-reactive ketones (excluding diaryl/α,β-unsaturated/α-hetero) is 1. The van der Waals surface area contributed by atoms with Crippen LogP contribution >= 0.6 is 0 Å². The van der Waals surface area contributed by atoms with E-state index in [0.717, 1.165) is 0 Å². The molecule has 0 aromatic carbocycles. The number of rotatable bonds is 9. The van der Waals surface area contributed by atoms with Crippen LogP contribution in [0.1, 0.15) is 47.0 Å². The minimum Gasteiger partial charge on any atom is -0.481 e. The van der Waals surface area contributed by atoms with E-state index in [1.165, 1.54) is 0 Å². The Hall–Kier alpha value is -1.39. The Labute approximate surface area is 114 Å². The van der Waals surface area contributed by atoms with Gasteiger partial charge in [-0.2, -0.15) is 0 Å². The van der Waals surface area contributed by atoms with Gasteiger partial charge >= 0.3 is 11.9 Å². The van der Waals surface area contributed by atoms with Gasteiger partial charge < -0.3 is 10.2 Å². The van der Waals surface area contributed by atoms with E-state index in [4.69, 9.17) is 5.11 Å². The molecule has 2 N–H and O–H groups in total. The van der Waals surface area contributed by atoms with Crippen molar-refractivity contribution in [1.29, 1.82) is 0 Å². The predicted molar refractivity (Wildman–Crippen MR) is 70.8 cm³/mol. The molecule has 0 bridgehead atoms. The molecule has 0 radical (unpaired) electrons. The van der Waals surface area contributed by atoms with Gasteiger partial charge in [-0.15, -0.1) is 0 Å². The van der Waals surface area contributed by atoms with Gasteiger partial charge in [-0.3, -0.25) is 14.4 Å². The molecule has 0 aromatic rings. The van der Waals surface area contributed by atoms with E-state index in [9.17, 15) is 19.5 Å². The first-order chi connectivity index (χ1) is 8.65. The van der Waals surface area contributed by atoms with E-state index in [-0.39, 0.29) is 30.5 Å². The summed E-state index contributed by atoms with van der Waals surface area (Å²) in [5.41, 5.74) is 0. The highest BCUT2D eigenvalue weighted by molar-refractivity contribution is 5.82. The van der Waals surface area contributed by atoms with Crippen molar-refractivity contribution in [2.45, 2.75) is 47.0 Å². The van der Waals surface area contributed by atoms with Gasteiger partial charge in [-0.25, -0.2) is 0 Å². The Kier molecular flexibility index (Phi) is 7.34. The summed E-state index contributed by atoms with van der Waals surface area (Å²) in [5, 5.41) is 18.1. The van der Waals surface area contributed by atoms with Crippen molar-refractivity contribution in [2.75, 3.05) is 0 Å². The quantitative estimate of drug-likeness (QED) is 0.672. The van der Waals surface area contributed by atoms with E-state index in [2.05, 4.69) is 0 Å². The van der Waals surface area contributed by atoms with Gasteiger partial charge in [0.1, 0.15) is 5.78 Å². The van der Waals surface area contributed by atoms with Crippen molar-refractivity contribution < 1.29 is 24.6 Å². The minimum absolute atomic E-state index is 0.0215. The largest absolute Gasteiger partial charge is 0.481 e. The second-order valence-corrected chi connectivity index (χ2v) is 5.76. The SMILES string of the molecule is CC(C)CC(C(=O)O)C(CC(=O)O)CC(=O)C(C)C. The summed E-state index contributed by atoms with van der Waals surface area (Å²) in [4.78, 5) is 33.9. The Morgan fingerprint density at radius 1 is 0.947 bits per heavy atom. The monoisotopic (exact) mass is 272 g/mol. The molecule has 0 aliphatic rings. The Morgan fingerprint density at radius 3 is 1.79 bits per heavy atom. The molecule has 0 aliphatic carbocycles. The Bertz CT molecular complexity index is 333. The molecule has 0 amide bonds. The topological polar surface area (TPSA) is 91.7 Å². The maximum atomic E-state index is 11.8. The molecular weight excluding hydrogens is 248 g/mol. The summed E-state index contributed by atoms with van der Waals surface area (Å²) < 4.78 is 0. The zero-order chi connectivity index (χ0) is 15.2. The second-order valence-electron chi connectivity index (χ2n) is 5.76. The van der Waals surface area contributed by atoms with E-state index in [0.29, 0.717) is 6.42 Å². The molecular formula is C14H24O5. The van der Waals surface area contributed by atoms with Crippen molar-refractivity contribution in [3.63, 3.8) is 0 Å². The van der Waals surface area contributed by atoms with Crippen molar-refractivity contribution in [1.82, 2.24) is 0 Å². The van der Waals surface area contributed by atoms with Gasteiger partial charge in [0.2, 0.25) is 0 Å². The van der Waals surface area contributed by atoms with Crippen LogP contribution in [0.5, 0.6) is 0 Å². The Morgan fingerprint density at radius 2 is 1.47 bits per heavy atom. The van der Waals surface area contributed by atoms with Crippen LogP contribution in [-0.2, 0) is 14.4 Å². The van der Waals surface area contributed by atoms with Crippen molar-refractivity contribution in [3.8, 4) is 0 Å².